The predicted molar refractivity (Wildman–Crippen MR) is 105 cm³/mol. The van der Waals surface area contributed by atoms with Crippen LogP contribution >= 0.6 is 0 Å². The molecule has 0 aliphatic carbocycles. The van der Waals surface area contributed by atoms with Crippen LogP contribution in [0.1, 0.15) is 16.7 Å². The zero-order chi connectivity index (χ0) is 18.9. The lowest BCUT2D eigenvalue weighted by atomic mass is 10.0. The maximum Gasteiger partial charge on any atom is 0.257 e. The minimum Gasteiger partial charge on any atom is -0.506 e. The number of nitrogens with one attached hydrogen (secondary N) is 1. The Labute approximate surface area is 153 Å². The Kier molecular flexibility index (Phi) is 6.37. The van der Waals surface area contributed by atoms with Crippen molar-refractivity contribution in [2.24, 2.45) is 4.99 Å². The molecule has 4 heteroatoms. The zero-order valence-electron chi connectivity index (χ0n) is 14.4. The van der Waals surface area contributed by atoms with E-state index in [9.17, 15) is 9.90 Å². The molecule has 0 aromatic heterocycles. The van der Waals surface area contributed by atoms with E-state index < -0.39 is 5.91 Å². The van der Waals surface area contributed by atoms with Gasteiger partial charge in [-0.2, -0.15) is 0 Å². The van der Waals surface area contributed by atoms with Crippen LogP contribution in [0.2, 0.25) is 0 Å². The Balaban J connectivity index is 2.43. The molecule has 0 bridgehead atoms. The van der Waals surface area contributed by atoms with Crippen molar-refractivity contribution in [3.63, 3.8) is 0 Å². The number of aryl methyl sites for hydroxylation is 1. The fraction of sp³-hybridized carbons (Fsp3) is 0.0909. The van der Waals surface area contributed by atoms with Gasteiger partial charge in [0.1, 0.15) is 5.76 Å². The molecule has 2 N–H and O–H groups in total. The predicted octanol–water partition coefficient (Wildman–Crippen LogP) is 3.40. The van der Waals surface area contributed by atoms with E-state index in [1.807, 2.05) is 19.1 Å². The average molecular weight is 342 g/mol. The van der Waals surface area contributed by atoms with Crippen molar-refractivity contribution in [2.75, 3.05) is 6.54 Å². The summed E-state index contributed by atoms with van der Waals surface area (Å²) in [5.74, 6) is 4.18. The van der Waals surface area contributed by atoms with Crippen LogP contribution in [0, 0.1) is 31.6 Å². The number of aliphatic imine (C=N–C) groups is 1. The Bertz CT molecular complexity index is 939. The summed E-state index contributed by atoms with van der Waals surface area (Å²) in [6, 6.07) is 14.2. The van der Waals surface area contributed by atoms with Crippen LogP contribution in [0.25, 0.3) is 5.76 Å². The van der Waals surface area contributed by atoms with Crippen molar-refractivity contribution >= 4 is 23.6 Å². The fourth-order valence-corrected chi connectivity index (χ4v) is 2.22. The van der Waals surface area contributed by atoms with Crippen LogP contribution in [-0.4, -0.2) is 23.8 Å². The fourth-order valence-electron chi connectivity index (χ4n) is 2.22. The standard InChI is InChI=1S/C22H18N2O2/c1-4-14-23-22(26)20(21(25)19-9-7-6-8-16(19)3)15-24-18-12-10-17(5-2)11-13-18/h1-2,6-13,15,25H,14H2,3H3,(H,23,26). The molecule has 26 heavy (non-hydrogen) atoms. The summed E-state index contributed by atoms with van der Waals surface area (Å²) < 4.78 is 0. The number of rotatable bonds is 5. The van der Waals surface area contributed by atoms with Gasteiger partial charge in [-0.15, -0.1) is 12.8 Å². The highest BCUT2D eigenvalue weighted by atomic mass is 16.3. The number of aliphatic hydroxyl groups excluding tert-OH is 1. The second-order valence-electron chi connectivity index (χ2n) is 5.41. The van der Waals surface area contributed by atoms with Crippen molar-refractivity contribution < 1.29 is 9.90 Å². The van der Waals surface area contributed by atoms with Crippen molar-refractivity contribution in [2.45, 2.75) is 6.92 Å². The molecule has 1 amide bonds. The van der Waals surface area contributed by atoms with Crippen molar-refractivity contribution in [1.29, 1.82) is 0 Å². The normalized spacial score (nSPS) is 11.3. The van der Waals surface area contributed by atoms with Gasteiger partial charge in [0.05, 0.1) is 17.8 Å². The largest absolute Gasteiger partial charge is 0.506 e. The van der Waals surface area contributed by atoms with Gasteiger partial charge in [-0.25, -0.2) is 0 Å². The van der Waals surface area contributed by atoms with Crippen LogP contribution in [0.4, 0.5) is 5.69 Å². The van der Waals surface area contributed by atoms with Gasteiger partial charge >= 0.3 is 0 Å². The monoisotopic (exact) mass is 342 g/mol. The highest BCUT2D eigenvalue weighted by Crippen LogP contribution is 2.20. The van der Waals surface area contributed by atoms with Gasteiger partial charge in [0, 0.05) is 17.3 Å². The molecule has 0 atom stereocenters. The Morgan fingerprint density at radius 2 is 1.88 bits per heavy atom. The van der Waals surface area contributed by atoms with E-state index in [0.29, 0.717) is 11.3 Å². The van der Waals surface area contributed by atoms with Crippen LogP contribution in [0.15, 0.2) is 59.1 Å². The number of hydrogen-bond donors (Lipinski definition) is 2. The van der Waals surface area contributed by atoms with E-state index in [2.05, 4.69) is 22.2 Å². The Hall–Kier alpha value is -3.76. The summed E-state index contributed by atoms with van der Waals surface area (Å²) in [6.07, 6.45) is 11.8. The lowest BCUT2D eigenvalue weighted by Crippen LogP contribution is -2.26. The Morgan fingerprint density at radius 1 is 1.19 bits per heavy atom. The van der Waals surface area contributed by atoms with Crippen LogP contribution in [0.5, 0.6) is 0 Å². The van der Waals surface area contributed by atoms with Gasteiger partial charge in [0.25, 0.3) is 5.91 Å². The molecule has 2 aromatic carbocycles. The Morgan fingerprint density at radius 3 is 2.50 bits per heavy atom. The highest BCUT2D eigenvalue weighted by Gasteiger charge is 2.15. The first-order valence-electron chi connectivity index (χ1n) is 7.88. The number of aliphatic hydroxyl groups is 1. The lowest BCUT2D eigenvalue weighted by molar-refractivity contribution is -0.116. The number of carbonyl (C=O) groups excluding carboxylic acids is 1. The summed E-state index contributed by atoms with van der Waals surface area (Å²) in [6.45, 7) is 1.90. The quantitative estimate of drug-likeness (QED) is 0.379. The van der Waals surface area contributed by atoms with Gasteiger partial charge in [-0.1, -0.05) is 36.1 Å². The molecule has 0 heterocycles. The number of carbonyl (C=O) groups is 1. The number of nitrogens with zero attached hydrogens (tertiary/aromatic N) is 1. The molecule has 0 unspecified atom stereocenters. The second-order valence-corrected chi connectivity index (χ2v) is 5.41. The number of benzene rings is 2. The molecule has 2 rings (SSSR count). The van der Waals surface area contributed by atoms with Gasteiger partial charge in [-0.3, -0.25) is 9.79 Å². The van der Waals surface area contributed by atoms with E-state index in [1.54, 1.807) is 36.4 Å². The topological polar surface area (TPSA) is 61.7 Å². The maximum absolute atomic E-state index is 12.4. The molecule has 2 aromatic rings. The molecule has 0 saturated heterocycles. The summed E-state index contributed by atoms with van der Waals surface area (Å²) >= 11 is 0. The van der Waals surface area contributed by atoms with E-state index in [1.165, 1.54) is 6.21 Å². The molecular formula is C22H18N2O2. The van der Waals surface area contributed by atoms with Crippen LogP contribution in [0.3, 0.4) is 0 Å². The summed E-state index contributed by atoms with van der Waals surface area (Å²) in [7, 11) is 0. The number of hydrogen-bond acceptors (Lipinski definition) is 3. The van der Waals surface area contributed by atoms with Crippen LogP contribution in [-0.2, 0) is 4.79 Å². The van der Waals surface area contributed by atoms with Crippen molar-refractivity contribution in [3.05, 3.63) is 70.8 Å². The first-order chi connectivity index (χ1) is 12.6. The average Bonchev–Trinajstić information content (AvgIpc) is 2.67. The van der Waals surface area contributed by atoms with Gasteiger partial charge in [-0.05, 0) is 36.8 Å². The molecule has 0 aliphatic heterocycles. The van der Waals surface area contributed by atoms with Crippen molar-refractivity contribution in [1.82, 2.24) is 5.32 Å². The molecule has 0 fully saturated rings. The second kappa shape index (κ2) is 8.92. The first kappa shape index (κ1) is 18.6. The molecular weight excluding hydrogens is 324 g/mol. The third-order valence-corrected chi connectivity index (χ3v) is 3.63. The summed E-state index contributed by atoms with van der Waals surface area (Å²) in [5.41, 5.74) is 2.74. The molecule has 0 radical (unpaired) electrons. The smallest absolute Gasteiger partial charge is 0.257 e. The number of terminal acetylenes is 2. The van der Waals surface area contributed by atoms with E-state index in [-0.39, 0.29) is 17.9 Å². The SMILES string of the molecule is C#CCNC(=O)C(C=Nc1ccc(C#C)cc1)=C(O)c1ccccc1C. The molecule has 0 aliphatic rings. The van der Waals surface area contributed by atoms with Gasteiger partial charge in [0.15, 0.2) is 0 Å². The van der Waals surface area contributed by atoms with Crippen molar-refractivity contribution in [3.8, 4) is 24.7 Å². The third kappa shape index (κ3) is 4.63. The summed E-state index contributed by atoms with van der Waals surface area (Å²) in [4.78, 5) is 16.7. The lowest BCUT2D eigenvalue weighted by Gasteiger charge is -2.09. The first-order valence-corrected chi connectivity index (χ1v) is 7.88. The molecule has 0 saturated carbocycles. The zero-order valence-corrected chi connectivity index (χ0v) is 14.4. The summed E-state index contributed by atoms with van der Waals surface area (Å²) in [5, 5.41) is 13.2. The molecule has 4 nitrogen and oxygen atoms in total. The molecule has 0 spiro atoms. The van der Waals surface area contributed by atoms with E-state index >= 15 is 0 Å². The van der Waals surface area contributed by atoms with Crippen LogP contribution < -0.4 is 5.32 Å². The minimum atomic E-state index is -0.507. The highest BCUT2D eigenvalue weighted by molar-refractivity contribution is 6.17. The van der Waals surface area contributed by atoms with E-state index in [0.717, 1.165) is 11.1 Å². The molecule has 128 valence electrons. The number of amides is 1. The third-order valence-electron chi connectivity index (χ3n) is 3.63. The van der Waals surface area contributed by atoms with Gasteiger partial charge in [0.2, 0.25) is 0 Å². The van der Waals surface area contributed by atoms with E-state index in [4.69, 9.17) is 12.8 Å². The van der Waals surface area contributed by atoms with Gasteiger partial charge < -0.3 is 10.4 Å². The minimum absolute atomic E-state index is 0.0237. The maximum atomic E-state index is 12.4.